The molecule has 2 aliphatic rings. The van der Waals surface area contributed by atoms with Gasteiger partial charge in [0.25, 0.3) is 0 Å². The number of piperidine rings is 1. The van der Waals surface area contributed by atoms with Gasteiger partial charge >= 0.3 is 0 Å². The van der Waals surface area contributed by atoms with E-state index in [0.717, 1.165) is 18.6 Å². The van der Waals surface area contributed by atoms with Gasteiger partial charge in [-0.1, -0.05) is 36.8 Å². The van der Waals surface area contributed by atoms with Crippen molar-refractivity contribution in [1.29, 1.82) is 0 Å². The van der Waals surface area contributed by atoms with Crippen molar-refractivity contribution in [3.8, 4) is 0 Å². The third-order valence-electron chi connectivity index (χ3n) is 4.33. The average molecular weight is 244 g/mol. The van der Waals surface area contributed by atoms with Gasteiger partial charge in [0.05, 0.1) is 0 Å². The molecular weight excluding hydrogens is 220 g/mol. The fourth-order valence-corrected chi connectivity index (χ4v) is 3.09. The van der Waals surface area contributed by atoms with Gasteiger partial charge in [0, 0.05) is 25.2 Å². The number of rotatable bonds is 4. The second kappa shape index (κ2) is 5.85. The normalized spacial score (nSPS) is 25.9. The summed E-state index contributed by atoms with van der Waals surface area (Å²) in [6.07, 6.45) is 6.93. The van der Waals surface area contributed by atoms with Crippen LogP contribution in [0.5, 0.6) is 0 Å². The predicted molar refractivity (Wildman–Crippen MR) is 75.5 cm³/mol. The summed E-state index contributed by atoms with van der Waals surface area (Å²) < 4.78 is 0. The molecule has 3 rings (SSSR count). The van der Waals surface area contributed by atoms with Gasteiger partial charge in [0.1, 0.15) is 0 Å². The van der Waals surface area contributed by atoms with Gasteiger partial charge < -0.3 is 5.32 Å². The standard InChI is InChI=1S/C16H24N2/c1-2-6-14(7-3-1)12-18-11-5-10-16(13-18)17-15-8-4-9-15/h1-3,6-7,15-17H,4-5,8-13H2. The summed E-state index contributed by atoms with van der Waals surface area (Å²) in [5.41, 5.74) is 1.45. The summed E-state index contributed by atoms with van der Waals surface area (Å²) in [4.78, 5) is 2.61. The quantitative estimate of drug-likeness (QED) is 0.876. The molecule has 0 spiro atoms. The lowest BCUT2D eigenvalue weighted by molar-refractivity contribution is 0.162. The minimum Gasteiger partial charge on any atom is -0.310 e. The summed E-state index contributed by atoms with van der Waals surface area (Å²) in [7, 11) is 0. The number of benzene rings is 1. The summed E-state index contributed by atoms with van der Waals surface area (Å²) in [5.74, 6) is 0. The fraction of sp³-hybridized carbons (Fsp3) is 0.625. The largest absolute Gasteiger partial charge is 0.310 e. The Morgan fingerprint density at radius 3 is 2.50 bits per heavy atom. The minimum absolute atomic E-state index is 0.729. The molecule has 1 aromatic carbocycles. The lowest BCUT2D eigenvalue weighted by Crippen LogP contribution is -2.50. The molecule has 1 saturated carbocycles. The highest BCUT2D eigenvalue weighted by Gasteiger charge is 2.25. The predicted octanol–water partition coefficient (Wildman–Crippen LogP) is 2.79. The Balaban J connectivity index is 1.50. The van der Waals surface area contributed by atoms with Crippen molar-refractivity contribution in [2.24, 2.45) is 0 Å². The van der Waals surface area contributed by atoms with Crippen molar-refractivity contribution in [2.75, 3.05) is 13.1 Å². The summed E-state index contributed by atoms with van der Waals surface area (Å²) in [6, 6.07) is 12.4. The van der Waals surface area contributed by atoms with E-state index in [1.165, 1.54) is 50.8 Å². The van der Waals surface area contributed by atoms with Gasteiger partial charge in [-0.05, 0) is 37.8 Å². The van der Waals surface area contributed by atoms with E-state index in [4.69, 9.17) is 0 Å². The van der Waals surface area contributed by atoms with Crippen LogP contribution < -0.4 is 5.32 Å². The molecule has 1 aliphatic heterocycles. The molecule has 1 heterocycles. The van der Waals surface area contributed by atoms with Crippen molar-refractivity contribution < 1.29 is 0 Å². The molecule has 18 heavy (non-hydrogen) atoms. The molecule has 0 radical (unpaired) electrons. The number of nitrogens with one attached hydrogen (secondary N) is 1. The first-order valence-electron chi connectivity index (χ1n) is 7.42. The Morgan fingerprint density at radius 1 is 1.00 bits per heavy atom. The van der Waals surface area contributed by atoms with E-state index in [1.807, 2.05) is 0 Å². The molecule has 1 unspecified atom stereocenters. The first kappa shape index (κ1) is 12.2. The van der Waals surface area contributed by atoms with E-state index < -0.39 is 0 Å². The molecule has 1 aromatic rings. The SMILES string of the molecule is c1ccc(CN2CCCC(NC3CCC3)C2)cc1. The highest BCUT2D eigenvalue weighted by molar-refractivity contribution is 5.14. The van der Waals surface area contributed by atoms with Crippen molar-refractivity contribution >= 4 is 0 Å². The summed E-state index contributed by atoms with van der Waals surface area (Å²) in [6.45, 7) is 3.60. The van der Waals surface area contributed by atoms with Gasteiger partial charge in [0.15, 0.2) is 0 Å². The smallest absolute Gasteiger partial charge is 0.0234 e. The van der Waals surface area contributed by atoms with E-state index in [2.05, 4.69) is 40.5 Å². The van der Waals surface area contributed by atoms with Gasteiger partial charge in [-0.25, -0.2) is 0 Å². The minimum atomic E-state index is 0.729. The zero-order valence-corrected chi connectivity index (χ0v) is 11.1. The first-order chi connectivity index (χ1) is 8.90. The number of hydrogen-bond donors (Lipinski definition) is 1. The van der Waals surface area contributed by atoms with Crippen LogP contribution in [-0.4, -0.2) is 30.1 Å². The molecule has 1 aliphatic carbocycles. The molecule has 1 atom stereocenters. The zero-order chi connectivity index (χ0) is 12.2. The van der Waals surface area contributed by atoms with Crippen molar-refractivity contribution in [2.45, 2.75) is 50.7 Å². The molecule has 0 bridgehead atoms. The number of likely N-dealkylation sites (tertiary alicyclic amines) is 1. The van der Waals surface area contributed by atoms with Crippen LogP contribution >= 0.6 is 0 Å². The Labute approximate surface area is 110 Å². The molecule has 0 amide bonds. The third kappa shape index (κ3) is 3.12. The monoisotopic (exact) mass is 244 g/mol. The molecular formula is C16H24N2. The Morgan fingerprint density at radius 2 is 1.78 bits per heavy atom. The van der Waals surface area contributed by atoms with Gasteiger partial charge in [-0.3, -0.25) is 4.90 Å². The molecule has 98 valence electrons. The Hall–Kier alpha value is -0.860. The molecule has 0 aromatic heterocycles. The Bertz CT molecular complexity index is 359. The van der Waals surface area contributed by atoms with Crippen LogP contribution in [0.25, 0.3) is 0 Å². The van der Waals surface area contributed by atoms with Crippen LogP contribution in [0.1, 0.15) is 37.7 Å². The lowest BCUT2D eigenvalue weighted by Gasteiger charge is -2.37. The van der Waals surface area contributed by atoms with E-state index in [9.17, 15) is 0 Å². The van der Waals surface area contributed by atoms with E-state index >= 15 is 0 Å². The van der Waals surface area contributed by atoms with Crippen molar-refractivity contribution in [3.05, 3.63) is 35.9 Å². The number of hydrogen-bond acceptors (Lipinski definition) is 2. The molecule has 2 fully saturated rings. The van der Waals surface area contributed by atoms with Gasteiger partial charge in [-0.2, -0.15) is 0 Å². The van der Waals surface area contributed by atoms with E-state index in [1.54, 1.807) is 0 Å². The maximum atomic E-state index is 3.83. The second-order valence-electron chi connectivity index (χ2n) is 5.85. The molecule has 2 nitrogen and oxygen atoms in total. The van der Waals surface area contributed by atoms with Gasteiger partial charge in [-0.15, -0.1) is 0 Å². The molecule has 1 saturated heterocycles. The average Bonchev–Trinajstić information content (AvgIpc) is 2.36. The maximum Gasteiger partial charge on any atom is 0.0234 e. The highest BCUT2D eigenvalue weighted by atomic mass is 15.2. The van der Waals surface area contributed by atoms with Gasteiger partial charge in [0.2, 0.25) is 0 Å². The fourth-order valence-electron chi connectivity index (χ4n) is 3.09. The maximum absolute atomic E-state index is 3.83. The van der Waals surface area contributed by atoms with Crippen LogP contribution in [0.2, 0.25) is 0 Å². The number of nitrogens with zero attached hydrogens (tertiary/aromatic N) is 1. The Kier molecular flexibility index (Phi) is 3.96. The second-order valence-corrected chi connectivity index (χ2v) is 5.85. The summed E-state index contributed by atoms with van der Waals surface area (Å²) in [5, 5.41) is 3.83. The zero-order valence-electron chi connectivity index (χ0n) is 11.1. The van der Waals surface area contributed by atoms with E-state index in [-0.39, 0.29) is 0 Å². The molecule has 2 heteroatoms. The van der Waals surface area contributed by atoms with Crippen LogP contribution in [0.4, 0.5) is 0 Å². The van der Waals surface area contributed by atoms with Crippen LogP contribution in [-0.2, 0) is 6.54 Å². The van der Waals surface area contributed by atoms with Crippen molar-refractivity contribution in [1.82, 2.24) is 10.2 Å². The summed E-state index contributed by atoms with van der Waals surface area (Å²) >= 11 is 0. The first-order valence-corrected chi connectivity index (χ1v) is 7.42. The van der Waals surface area contributed by atoms with Crippen LogP contribution in [0, 0.1) is 0 Å². The van der Waals surface area contributed by atoms with Crippen LogP contribution in [0.15, 0.2) is 30.3 Å². The topological polar surface area (TPSA) is 15.3 Å². The molecule has 1 N–H and O–H groups in total. The van der Waals surface area contributed by atoms with E-state index in [0.29, 0.717) is 0 Å². The van der Waals surface area contributed by atoms with Crippen LogP contribution in [0.3, 0.4) is 0 Å². The highest BCUT2D eigenvalue weighted by Crippen LogP contribution is 2.21. The third-order valence-corrected chi connectivity index (χ3v) is 4.33. The lowest BCUT2D eigenvalue weighted by atomic mass is 9.91. The van der Waals surface area contributed by atoms with Crippen molar-refractivity contribution in [3.63, 3.8) is 0 Å².